The second-order valence-corrected chi connectivity index (χ2v) is 6.46. The van der Waals surface area contributed by atoms with Crippen LogP contribution in [0, 0.1) is 11.6 Å². The first-order valence-electron chi connectivity index (χ1n) is 6.64. The number of nitrogens with zero attached hydrogens (tertiary/aromatic N) is 1. The number of para-hydroxylation sites is 1. The van der Waals surface area contributed by atoms with E-state index in [0.717, 1.165) is 12.3 Å². The van der Waals surface area contributed by atoms with Gasteiger partial charge in [-0.15, -0.1) is 0 Å². The molecule has 0 aromatic heterocycles. The molecule has 0 N–H and O–H groups in total. The maximum absolute atomic E-state index is 14.3. The number of hydrogen-bond donors (Lipinski definition) is 0. The van der Waals surface area contributed by atoms with Gasteiger partial charge in [0.05, 0.1) is 5.25 Å². The lowest BCUT2D eigenvalue weighted by molar-refractivity contribution is 0.407. The van der Waals surface area contributed by atoms with Gasteiger partial charge in [-0.1, -0.05) is 18.2 Å². The van der Waals surface area contributed by atoms with Gasteiger partial charge in [0.25, 0.3) is 0 Å². The number of ether oxygens (including phenoxy) is 1. The van der Waals surface area contributed by atoms with Crippen LogP contribution in [0.5, 0.6) is 11.5 Å². The largest absolute Gasteiger partial charge is 0.451 e. The highest BCUT2D eigenvalue weighted by atomic mass is 32.2. The third-order valence-corrected chi connectivity index (χ3v) is 3.86. The van der Waals surface area contributed by atoms with Crippen molar-refractivity contribution < 1.29 is 17.7 Å². The lowest BCUT2D eigenvalue weighted by atomic mass is 10.2. The molecule has 2 aromatic rings. The monoisotopic (exact) mass is 323 g/mol. The summed E-state index contributed by atoms with van der Waals surface area (Å²) >= 11 is 0. The highest BCUT2D eigenvalue weighted by Gasteiger charge is 2.15. The molecule has 1 atom stereocenters. The van der Waals surface area contributed by atoms with Crippen LogP contribution in [0.3, 0.4) is 0 Å². The van der Waals surface area contributed by atoms with Gasteiger partial charge in [0, 0.05) is 11.8 Å². The Morgan fingerprint density at radius 3 is 2.45 bits per heavy atom. The maximum atomic E-state index is 14.3. The summed E-state index contributed by atoms with van der Waals surface area (Å²) < 4.78 is 48.7. The van der Waals surface area contributed by atoms with E-state index in [-0.39, 0.29) is 10.8 Å². The molecule has 0 heterocycles. The Morgan fingerprint density at radius 2 is 1.82 bits per heavy atom. The van der Waals surface area contributed by atoms with Gasteiger partial charge in [-0.25, -0.2) is 13.0 Å². The first-order valence-corrected chi connectivity index (χ1v) is 7.81. The zero-order chi connectivity index (χ0) is 16.1. The van der Waals surface area contributed by atoms with Crippen molar-refractivity contribution in [2.75, 3.05) is 0 Å². The Balaban J connectivity index is 2.31. The van der Waals surface area contributed by atoms with Crippen molar-refractivity contribution in [1.82, 2.24) is 0 Å². The van der Waals surface area contributed by atoms with Gasteiger partial charge < -0.3 is 4.74 Å². The average Bonchev–Trinajstić information content (AvgIpc) is 2.51. The topological polar surface area (TPSA) is 38.7 Å². The van der Waals surface area contributed by atoms with Gasteiger partial charge in [-0.2, -0.15) is 4.40 Å². The van der Waals surface area contributed by atoms with Crippen LogP contribution in [-0.4, -0.2) is 15.7 Å². The van der Waals surface area contributed by atoms with Crippen LogP contribution in [0.15, 0.2) is 46.9 Å². The van der Waals surface area contributed by atoms with E-state index in [1.165, 1.54) is 6.07 Å². The maximum Gasteiger partial charge on any atom is 0.199 e. The third kappa shape index (κ3) is 3.98. The minimum Gasteiger partial charge on any atom is -0.451 e. The quantitative estimate of drug-likeness (QED) is 0.772. The Hall–Kier alpha value is -2.08. The van der Waals surface area contributed by atoms with Crippen molar-refractivity contribution in [1.29, 1.82) is 0 Å². The molecule has 1 unspecified atom stereocenters. The number of benzene rings is 2. The summed E-state index contributed by atoms with van der Waals surface area (Å²) in [6.07, 6.45) is 1.13. The summed E-state index contributed by atoms with van der Waals surface area (Å²) in [6.45, 7) is 3.47. The van der Waals surface area contributed by atoms with Crippen LogP contribution in [-0.2, 0) is 11.0 Å². The highest BCUT2D eigenvalue weighted by Crippen LogP contribution is 2.29. The molecule has 0 amide bonds. The fraction of sp³-hybridized carbons (Fsp3) is 0.188. The average molecular weight is 323 g/mol. The van der Waals surface area contributed by atoms with Crippen LogP contribution in [0.1, 0.15) is 19.4 Å². The second kappa shape index (κ2) is 7.26. The Kier molecular flexibility index (Phi) is 5.38. The predicted octanol–water partition coefficient (Wildman–Crippen LogP) is 4.25. The fourth-order valence-corrected chi connectivity index (χ4v) is 2.04. The van der Waals surface area contributed by atoms with Crippen LogP contribution < -0.4 is 4.74 Å². The lowest BCUT2D eigenvalue weighted by Gasteiger charge is -2.09. The van der Waals surface area contributed by atoms with Gasteiger partial charge in [-0.3, -0.25) is 0 Å². The molecule has 6 heteroatoms. The lowest BCUT2D eigenvalue weighted by Crippen LogP contribution is -2.03. The van der Waals surface area contributed by atoms with E-state index in [0.29, 0.717) is 5.75 Å². The van der Waals surface area contributed by atoms with Crippen LogP contribution in [0.2, 0.25) is 0 Å². The van der Waals surface area contributed by atoms with Gasteiger partial charge in [0.15, 0.2) is 17.4 Å². The summed E-state index contributed by atoms with van der Waals surface area (Å²) in [7, 11) is -1.46. The van der Waals surface area contributed by atoms with Crippen molar-refractivity contribution in [2.24, 2.45) is 4.40 Å². The van der Waals surface area contributed by atoms with Crippen LogP contribution in [0.4, 0.5) is 8.78 Å². The molecule has 0 fully saturated rings. The molecule has 2 aromatic carbocycles. The van der Waals surface area contributed by atoms with Crippen molar-refractivity contribution in [3.63, 3.8) is 0 Å². The van der Waals surface area contributed by atoms with Crippen molar-refractivity contribution in [3.05, 3.63) is 59.7 Å². The van der Waals surface area contributed by atoms with E-state index in [1.54, 1.807) is 44.2 Å². The van der Waals surface area contributed by atoms with E-state index >= 15 is 0 Å². The normalized spacial score (nSPS) is 12.8. The molecule has 0 aliphatic rings. The number of rotatable bonds is 5. The van der Waals surface area contributed by atoms with Gasteiger partial charge in [-0.05, 0) is 38.1 Å². The highest BCUT2D eigenvalue weighted by molar-refractivity contribution is 7.84. The molecule has 0 saturated carbocycles. The molecule has 0 aliphatic heterocycles. The molecule has 0 saturated heterocycles. The number of hydrogen-bond acceptors (Lipinski definition) is 2. The molecular formula is C16H15F2NO2S. The molecule has 0 spiro atoms. The van der Waals surface area contributed by atoms with Crippen molar-refractivity contribution in [2.45, 2.75) is 19.1 Å². The summed E-state index contributed by atoms with van der Waals surface area (Å²) in [6, 6.07) is 10.7. The second-order valence-electron chi connectivity index (χ2n) is 4.75. The molecule has 22 heavy (non-hydrogen) atoms. The SMILES string of the molecule is CC(C)S(=O)/N=C/c1ccc(F)c(Oc2ccccc2)c1F. The molecule has 0 aliphatic carbocycles. The molecule has 3 nitrogen and oxygen atoms in total. The Morgan fingerprint density at radius 1 is 1.14 bits per heavy atom. The zero-order valence-corrected chi connectivity index (χ0v) is 12.9. The summed E-state index contributed by atoms with van der Waals surface area (Å²) in [5.74, 6) is -1.89. The summed E-state index contributed by atoms with van der Waals surface area (Å²) in [5.41, 5.74) is 0.0151. The minimum absolute atomic E-state index is 0.0151. The first-order chi connectivity index (χ1) is 10.5. The van der Waals surface area contributed by atoms with E-state index < -0.39 is 28.4 Å². The Labute approximate surface area is 130 Å². The summed E-state index contributed by atoms with van der Waals surface area (Å²) in [4.78, 5) is 0. The van der Waals surface area contributed by atoms with Gasteiger partial charge >= 0.3 is 0 Å². The van der Waals surface area contributed by atoms with Crippen LogP contribution >= 0.6 is 0 Å². The van der Waals surface area contributed by atoms with Gasteiger partial charge in [0.2, 0.25) is 0 Å². The molecule has 116 valence electrons. The number of halogens is 2. The molecular weight excluding hydrogens is 308 g/mol. The third-order valence-electron chi connectivity index (χ3n) is 2.74. The predicted molar refractivity (Wildman–Crippen MR) is 83.7 cm³/mol. The van der Waals surface area contributed by atoms with Crippen molar-refractivity contribution in [3.8, 4) is 11.5 Å². The Bertz CT molecular complexity index is 703. The van der Waals surface area contributed by atoms with E-state index in [4.69, 9.17) is 4.74 Å². The summed E-state index contributed by atoms with van der Waals surface area (Å²) in [5, 5.41) is -0.181. The van der Waals surface area contributed by atoms with Crippen molar-refractivity contribution >= 4 is 17.2 Å². The first kappa shape index (κ1) is 16.3. The minimum atomic E-state index is -1.46. The van der Waals surface area contributed by atoms with E-state index in [2.05, 4.69) is 4.40 Å². The van der Waals surface area contributed by atoms with E-state index in [9.17, 15) is 13.0 Å². The molecule has 2 rings (SSSR count). The molecule has 0 bridgehead atoms. The van der Waals surface area contributed by atoms with Crippen LogP contribution in [0.25, 0.3) is 0 Å². The van der Waals surface area contributed by atoms with Gasteiger partial charge in [0.1, 0.15) is 16.7 Å². The van der Waals surface area contributed by atoms with E-state index in [1.807, 2.05) is 0 Å². The zero-order valence-electron chi connectivity index (χ0n) is 12.1. The molecule has 0 radical (unpaired) electrons. The fourth-order valence-electron chi connectivity index (χ4n) is 1.58. The smallest absolute Gasteiger partial charge is 0.199 e. The standard InChI is InChI=1S/C16H15F2NO2S/c1-11(2)22(20)19-10-12-8-9-14(17)16(15(12)18)21-13-6-4-3-5-7-13/h3-11H,1-2H3/b19-10+.